The van der Waals surface area contributed by atoms with Gasteiger partial charge in [-0.15, -0.1) is 10.2 Å². The zero-order valence-electron chi connectivity index (χ0n) is 13.6. The minimum Gasteiger partial charge on any atom is -0.417 e. The molecule has 0 radical (unpaired) electrons. The number of benzene rings is 1. The third kappa shape index (κ3) is 3.84. The fourth-order valence-electron chi connectivity index (χ4n) is 2.40. The lowest BCUT2D eigenvalue weighted by Crippen LogP contribution is -2.30. The predicted molar refractivity (Wildman–Crippen MR) is 88.0 cm³/mol. The molecule has 0 unspecified atom stereocenters. The number of pyridine rings is 1. The number of carbonyl (C=O) groups excluding carboxylic acids is 1. The summed E-state index contributed by atoms with van der Waals surface area (Å²) in [6.45, 7) is 4.40. The van der Waals surface area contributed by atoms with Crippen LogP contribution < -0.4 is 0 Å². The predicted octanol–water partition coefficient (Wildman–Crippen LogP) is 2.92. The first-order chi connectivity index (χ1) is 11.6. The van der Waals surface area contributed by atoms with E-state index < -0.39 is 0 Å². The third-order valence-electron chi connectivity index (χ3n) is 3.51. The van der Waals surface area contributed by atoms with Crippen LogP contribution in [0.15, 0.2) is 52.9 Å². The highest BCUT2D eigenvalue weighted by atomic mass is 16.4. The lowest BCUT2D eigenvalue weighted by molar-refractivity contribution is 0.0685. The zero-order valence-corrected chi connectivity index (χ0v) is 13.6. The Morgan fingerprint density at radius 2 is 1.79 bits per heavy atom. The molecule has 0 aliphatic rings. The molecule has 0 N–H and O–H groups in total. The molecule has 2 aromatic heterocycles. The summed E-state index contributed by atoms with van der Waals surface area (Å²) in [5.41, 5.74) is 2.75. The van der Waals surface area contributed by atoms with Crippen molar-refractivity contribution in [2.24, 2.45) is 0 Å². The quantitative estimate of drug-likeness (QED) is 0.722. The summed E-state index contributed by atoms with van der Waals surface area (Å²) in [5, 5.41) is 7.58. The van der Waals surface area contributed by atoms with E-state index in [0.29, 0.717) is 19.0 Å². The largest absolute Gasteiger partial charge is 0.417 e. The first kappa shape index (κ1) is 15.9. The van der Waals surface area contributed by atoms with Crippen LogP contribution in [0.2, 0.25) is 0 Å². The highest BCUT2D eigenvalue weighted by Crippen LogP contribution is 2.13. The molecule has 0 aliphatic heterocycles. The van der Waals surface area contributed by atoms with Crippen LogP contribution in [0.5, 0.6) is 0 Å². The van der Waals surface area contributed by atoms with Crippen LogP contribution in [0.1, 0.15) is 33.5 Å². The number of hydrogen-bond donors (Lipinski definition) is 0. The summed E-state index contributed by atoms with van der Waals surface area (Å²) < 4.78 is 5.29. The molecule has 6 heteroatoms. The van der Waals surface area contributed by atoms with Gasteiger partial charge in [0, 0.05) is 19.2 Å². The van der Waals surface area contributed by atoms with Crippen LogP contribution in [-0.4, -0.2) is 26.0 Å². The van der Waals surface area contributed by atoms with Crippen molar-refractivity contribution >= 4 is 5.91 Å². The Morgan fingerprint density at radius 1 is 1.00 bits per heavy atom. The highest BCUT2D eigenvalue weighted by molar-refractivity contribution is 5.89. The second kappa shape index (κ2) is 7.04. The van der Waals surface area contributed by atoms with Gasteiger partial charge in [-0.3, -0.25) is 9.78 Å². The van der Waals surface area contributed by atoms with Gasteiger partial charge in [0.15, 0.2) is 0 Å². The van der Waals surface area contributed by atoms with E-state index >= 15 is 0 Å². The molecule has 6 nitrogen and oxygen atoms in total. The van der Waals surface area contributed by atoms with Crippen LogP contribution in [0.3, 0.4) is 0 Å². The molecule has 0 fully saturated rings. The standard InChI is InChI=1S/C18H18N4O2/c1-13-7-6-10-16(19-13)12-22(11-15-8-4-3-5-9-15)18(23)17-21-20-14(2)24-17/h3-10H,11-12H2,1-2H3. The van der Waals surface area contributed by atoms with E-state index in [0.717, 1.165) is 17.0 Å². The average Bonchev–Trinajstić information content (AvgIpc) is 3.01. The molecule has 24 heavy (non-hydrogen) atoms. The molecule has 0 atom stereocenters. The molecule has 1 aromatic carbocycles. The Balaban J connectivity index is 1.86. The molecule has 0 spiro atoms. The summed E-state index contributed by atoms with van der Waals surface area (Å²) in [6.07, 6.45) is 0. The van der Waals surface area contributed by atoms with Crippen LogP contribution >= 0.6 is 0 Å². The molecule has 1 amide bonds. The Morgan fingerprint density at radius 3 is 2.46 bits per heavy atom. The van der Waals surface area contributed by atoms with Gasteiger partial charge in [-0.2, -0.15) is 0 Å². The Bertz CT molecular complexity index is 830. The summed E-state index contributed by atoms with van der Waals surface area (Å²) in [5.74, 6) is 0.0607. The Hall–Kier alpha value is -3.02. The Kier molecular flexibility index (Phi) is 4.65. The van der Waals surface area contributed by atoms with Crippen molar-refractivity contribution in [1.29, 1.82) is 0 Å². The fraction of sp³-hybridized carbons (Fsp3) is 0.222. The molecule has 2 heterocycles. The van der Waals surface area contributed by atoms with Crippen molar-refractivity contribution in [2.45, 2.75) is 26.9 Å². The van der Waals surface area contributed by atoms with Gasteiger partial charge in [0.1, 0.15) is 0 Å². The van der Waals surface area contributed by atoms with Crippen molar-refractivity contribution in [2.75, 3.05) is 0 Å². The minimum atomic E-state index is -0.303. The second-order valence-electron chi connectivity index (χ2n) is 5.54. The lowest BCUT2D eigenvalue weighted by Gasteiger charge is -2.21. The van der Waals surface area contributed by atoms with E-state index in [1.54, 1.807) is 11.8 Å². The van der Waals surface area contributed by atoms with E-state index in [9.17, 15) is 4.79 Å². The molecular formula is C18H18N4O2. The summed E-state index contributed by atoms with van der Waals surface area (Å²) in [6, 6.07) is 15.5. The van der Waals surface area contributed by atoms with Gasteiger partial charge >= 0.3 is 11.8 Å². The maximum atomic E-state index is 12.8. The van der Waals surface area contributed by atoms with Crippen LogP contribution in [-0.2, 0) is 13.1 Å². The van der Waals surface area contributed by atoms with Crippen molar-refractivity contribution in [3.05, 3.63) is 77.3 Å². The van der Waals surface area contributed by atoms with Crippen LogP contribution in [0, 0.1) is 13.8 Å². The smallest absolute Gasteiger partial charge is 0.312 e. The second-order valence-corrected chi connectivity index (χ2v) is 5.54. The van der Waals surface area contributed by atoms with Gasteiger partial charge in [-0.25, -0.2) is 0 Å². The van der Waals surface area contributed by atoms with E-state index in [-0.39, 0.29) is 11.8 Å². The number of rotatable bonds is 5. The molecule has 0 aliphatic carbocycles. The van der Waals surface area contributed by atoms with E-state index in [1.165, 1.54) is 0 Å². The minimum absolute atomic E-state index is 0.00363. The van der Waals surface area contributed by atoms with Crippen molar-refractivity contribution in [1.82, 2.24) is 20.1 Å². The van der Waals surface area contributed by atoms with Gasteiger partial charge in [0.25, 0.3) is 0 Å². The van der Waals surface area contributed by atoms with Gasteiger partial charge < -0.3 is 9.32 Å². The molecule has 0 saturated carbocycles. The SMILES string of the molecule is Cc1cccc(CN(Cc2ccccc2)C(=O)c2nnc(C)o2)n1. The molecule has 3 rings (SSSR count). The molecule has 122 valence electrons. The Labute approximate surface area is 140 Å². The first-order valence-electron chi connectivity index (χ1n) is 7.67. The van der Waals surface area contributed by atoms with Gasteiger partial charge in [0.05, 0.1) is 12.2 Å². The van der Waals surface area contributed by atoms with Crippen molar-refractivity contribution in [3.63, 3.8) is 0 Å². The highest BCUT2D eigenvalue weighted by Gasteiger charge is 2.22. The normalized spacial score (nSPS) is 10.6. The summed E-state index contributed by atoms with van der Waals surface area (Å²) >= 11 is 0. The molecule has 3 aromatic rings. The number of carbonyl (C=O) groups is 1. The van der Waals surface area contributed by atoms with Crippen LogP contribution in [0.25, 0.3) is 0 Å². The van der Waals surface area contributed by atoms with Gasteiger partial charge in [-0.1, -0.05) is 36.4 Å². The van der Waals surface area contributed by atoms with E-state index in [4.69, 9.17) is 4.42 Å². The topological polar surface area (TPSA) is 72.1 Å². The molecule has 0 saturated heterocycles. The fourth-order valence-corrected chi connectivity index (χ4v) is 2.40. The maximum Gasteiger partial charge on any atom is 0.312 e. The zero-order chi connectivity index (χ0) is 16.9. The monoisotopic (exact) mass is 322 g/mol. The molecule has 0 bridgehead atoms. The van der Waals surface area contributed by atoms with E-state index in [2.05, 4.69) is 15.2 Å². The lowest BCUT2D eigenvalue weighted by atomic mass is 10.2. The number of aromatic nitrogens is 3. The number of nitrogens with zero attached hydrogens (tertiary/aromatic N) is 4. The average molecular weight is 322 g/mol. The maximum absolute atomic E-state index is 12.8. The van der Waals surface area contributed by atoms with Gasteiger partial charge in [0.2, 0.25) is 5.89 Å². The third-order valence-corrected chi connectivity index (χ3v) is 3.51. The summed E-state index contributed by atoms with van der Waals surface area (Å²) in [4.78, 5) is 18.9. The van der Waals surface area contributed by atoms with Crippen molar-refractivity contribution in [3.8, 4) is 0 Å². The number of hydrogen-bond acceptors (Lipinski definition) is 5. The summed E-state index contributed by atoms with van der Waals surface area (Å²) in [7, 11) is 0. The van der Waals surface area contributed by atoms with E-state index in [1.807, 2.05) is 55.5 Å². The first-order valence-corrected chi connectivity index (χ1v) is 7.67. The van der Waals surface area contributed by atoms with Crippen molar-refractivity contribution < 1.29 is 9.21 Å². The number of amides is 1. The number of aryl methyl sites for hydroxylation is 2. The van der Waals surface area contributed by atoms with Crippen LogP contribution in [0.4, 0.5) is 0 Å². The van der Waals surface area contributed by atoms with Gasteiger partial charge in [-0.05, 0) is 24.6 Å². The molecular weight excluding hydrogens is 304 g/mol.